The van der Waals surface area contributed by atoms with Crippen molar-refractivity contribution in [3.8, 4) is 0 Å². The van der Waals surface area contributed by atoms with Crippen molar-refractivity contribution >= 4 is 5.91 Å². The van der Waals surface area contributed by atoms with Crippen molar-refractivity contribution in [2.75, 3.05) is 6.54 Å². The summed E-state index contributed by atoms with van der Waals surface area (Å²) in [5.41, 5.74) is 0.581. The van der Waals surface area contributed by atoms with Gasteiger partial charge in [0.05, 0.1) is 11.6 Å². The lowest BCUT2D eigenvalue weighted by molar-refractivity contribution is -0.153. The van der Waals surface area contributed by atoms with Crippen LogP contribution in [-0.4, -0.2) is 28.1 Å². The second-order valence-electron chi connectivity index (χ2n) is 6.27. The SMILES string of the molecule is CC(=O)N1CC[C@@]2(O)CCCC[C@@H]2[C@@H]1c1ccccc1. The molecule has 3 nitrogen and oxygen atoms in total. The van der Waals surface area contributed by atoms with Crippen LogP contribution in [0.2, 0.25) is 0 Å². The van der Waals surface area contributed by atoms with Gasteiger partial charge in [0.15, 0.2) is 0 Å². The first kappa shape index (κ1) is 13.6. The van der Waals surface area contributed by atoms with E-state index < -0.39 is 5.60 Å². The number of piperidine rings is 1. The summed E-state index contributed by atoms with van der Waals surface area (Å²) in [6.07, 6.45) is 4.88. The quantitative estimate of drug-likeness (QED) is 0.854. The average Bonchev–Trinajstić information content (AvgIpc) is 2.46. The fourth-order valence-electron chi connectivity index (χ4n) is 4.10. The number of benzene rings is 1. The van der Waals surface area contributed by atoms with Crippen molar-refractivity contribution in [2.45, 2.75) is 50.7 Å². The smallest absolute Gasteiger partial charge is 0.219 e. The van der Waals surface area contributed by atoms with Crippen molar-refractivity contribution in [3.63, 3.8) is 0 Å². The Morgan fingerprint density at radius 3 is 2.70 bits per heavy atom. The number of aliphatic hydroxyl groups is 1. The van der Waals surface area contributed by atoms with Crippen LogP contribution in [0.1, 0.15) is 50.6 Å². The summed E-state index contributed by atoms with van der Waals surface area (Å²) in [4.78, 5) is 14.0. The molecule has 2 fully saturated rings. The Kier molecular flexibility index (Phi) is 3.55. The molecule has 0 bridgehead atoms. The number of carbonyl (C=O) groups is 1. The molecule has 2 aliphatic rings. The van der Waals surface area contributed by atoms with Crippen LogP contribution in [0.5, 0.6) is 0 Å². The molecule has 1 aliphatic heterocycles. The molecular formula is C17H23NO2. The van der Waals surface area contributed by atoms with Crippen molar-refractivity contribution in [3.05, 3.63) is 35.9 Å². The summed E-state index contributed by atoms with van der Waals surface area (Å²) in [5.74, 6) is 0.294. The zero-order valence-electron chi connectivity index (χ0n) is 12.1. The molecule has 1 saturated carbocycles. The standard InChI is InChI=1S/C17H23NO2/c1-13(19)18-12-11-17(20)10-6-5-9-15(17)16(18)14-7-3-2-4-8-14/h2-4,7-8,15-16,20H,5-6,9-12H2,1H3/t15-,16+,17+/m1/s1. The molecule has 3 heteroatoms. The monoisotopic (exact) mass is 273 g/mol. The van der Waals surface area contributed by atoms with Crippen LogP contribution < -0.4 is 0 Å². The first-order chi connectivity index (χ1) is 9.62. The third-order valence-corrected chi connectivity index (χ3v) is 5.11. The summed E-state index contributed by atoms with van der Waals surface area (Å²) >= 11 is 0. The normalized spacial score (nSPS) is 33.6. The summed E-state index contributed by atoms with van der Waals surface area (Å²) in [7, 11) is 0. The number of likely N-dealkylation sites (tertiary alicyclic amines) is 1. The lowest BCUT2D eigenvalue weighted by atomic mass is 9.66. The molecule has 0 aromatic heterocycles. The molecule has 1 saturated heterocycles. The largest absolute Gasteiger partial charge is 0.389 e. The number of nitrogens with zero attached hydrogens (tertiary/aromatic N) is 1. The predicted molar refractivity (Wildman–Crippen MR) is 78.1 cm³/mol. The maximum Gasteiger partial charge on any atom is 0.219 e. The molecule has 20 heavy (non-hydrogen) atoms. The molecule has 1 heterocycles. The van der Waals surface area contributed by atoms with E-state index in [-0.39, 0.29) is 17.9 Å². The van der Waals surface area contributed by atoms with E-state index in [9.17, 15) is 9.90 Å². The van der Waals surface area contributed by atoms with E-state index in [1.807, 2.05) is 23.1 Å². The highest BCUT2D eigenvalue weighted by molar-refractivity contribution is 5.74. The highest BCUT2D eigenvalue weighted by atomic mass is 16.3. The second kappa shape index (κ2) is 5.21. The Morgan fingerprint density at radius 1 is 1.25 bits per heavy atom. The fraction of sp³-hybridized carbons (Fsp3) is 0.588. The van der Waals surface area contributed by atoms with Gasteiger partial charge in [-0.2, -0.15) is 0 Å². The van der Waals surface area contributed by atoms with Crippen LogP contribution in [0.3, 0.4) is 0 Å². The summed E-state index contributed by atoms with van der Waals surface area (Å²) in [6.45, 7) is 2.31. The molecular weight excluding hydrogens is 250 g/mol. The van der Waals surface area contributed by atoms with E-state index in [1.54, 1.807) is 6.92 Å². The highest BCUT2D eigenvalue weighted by Gasteiger charge is 2.49. The minimum atomic E-state index is -0.579. The van der Waals surface area contributed by atoms with Gasteiger partial charge in [0.1, 0.15) is 0 Å². The Labute approximate surface area is 120 Å². The van der Waals surface area contributed by atoms with Crippen LogP contribution in [-0.2, 0) is 4.79 Å². The first-order valence-corrected chi connectivity index (χ1v) is 7.66. The molecule has 1 aromatic carbocycles. The Balaban J connectivity index is 2.00. The van der Waals surface area contributed by atoms with Crippen LogP contribution in [0.15, 0.2) is 30.3 Å². The molecule has 108 valence electrons. The van der Waals surface area contributed by atoms with Crippen LogP contribution in [0.25, 0.3) is 0 Å². The van der Waals surface area contributed by atoms with Crippen molar-refractivity contribution < 1.29 is 9.90 Å². The Bertz CT molecular complexity index is 487. The van der Waals surface area contributed by atoms with Crippen molar-refractivity contribution in [1.82, 2.24) is 4.90 Å². The molecule has 1 amide bonds. The third kappa shape index (κ3) is 2.24. The van der Waals surface area contributed by atoms with Gasteiger partial charge in [0, 0.05) is 19.4 Å². The van der Waals surface area contributed by atoms with Crippen molar-refractivity contribution in [1.29, 1.82) is 0 Å². The van der Waals surface area contributed by atoms with Gasteiger partial charge in [-0.25, -0.2) is 0 Å². The summed E-state index contributed by atoms with van der Waals surface area (Å²) < 4.78 is 0. The van der Waals surface area contributed by atoms with E-state index in [1.165, 1.54) is 0 Å². The summed E-state index contributed by atoms with van der Waals surface area (Å²) in [5, 5.41) is 11.0. The zero-order chi connectivity index (χ0) is 14.2. The molecule has 1 aliphatic carbocycles. The number of fused-ring (bicyclic) bond motifs is 1. The average molecular weight is 273 g/mol. The fourth-order valence-corrected chi connectivity index (χ4v) is 4.10. The van der Waals surface area contributed by atoms with Crippen LogP contribution in [0, 0.1) is 5.92 Å². The molecule has 3 rings (SSSR count). The van der Waals surface area contributed by atoms with E-state index in [4.69, 9.17) is 0 Å². The van der Waals surface area contributed by atoms with Gasteiger partial charge in [-0.05, 0) is 24.8 Å². The van der Waals surface area contributed by atoms with Crippen LogP contribution in [0.4, 0.5) is 0 Å². The number of amides is 1. The van der Waals surface area contributed by atoms with Crippen LogP contribution >= 0.6 is 0 Å². The maximum atomic E-state index is 12.0. The molecule has 1 N–H and O–H groups in total. The molecule has 1 aromatic rings. The molecule has 0 unspecified atom stereocenters. The minimum Gasteiger partial charge on any atom is -0.389 e. The number of carbonyl (C=O) groups excluding carboxylic acids is 1. The predicted octanol–water partition coefficient (Wildman–Crippen LogP) is 2.90. The number of hydrogen-bond donors (Lipinski definition) is 1. The number of hydrogen-bond acceptors (Lipinski definition) is 2. The molecule has 0 radical (unpaired) electrons. The van der Waals surface area contributed by atoms with Crippen molar-refractivity contribution in [2.24, 2.45) is 5.92 Å². The van der Waals surface area contributed by atoms with Gasteiger partial charge in [0.2, 0.25) is 5.91 Å². The van der Waals surface area contributed by atoms with E-state index in [0.717, 1.165) is 37.7 Å². The van der Waals surface area contributed by atoms with Gasteiger partial charge >= 0.3 is 0 Å². The lowest BCUT2D eigenvalue weighted by Gasteiger charge is -2.52. The van der Waals surface area contributed by atoms with Gasteiger partial charge in [-0.1, -0.05) is 43.2 Å². The maximum absolute atomic E-state index is 12.0. The zero-order valence-corrected chi connectivity index (χ0v) is 12.1. The van der Waals surface area contributed by atoms with Gasteiger partial charge in [-0.3, -0.25) is 4.79 Å². The van der Waals surface area contributed by atoms with E-state index in [2.05, 4.69) is 12.1 Å². The summed E-state index contributed by atoms with van der Waals surface area (Å²) in [6, 6.07) is 10.2. The second-order valence-corrected chi connectivity index (χ2v) is 6.27. The minimum absolute atomic E-state index is 0.0350. The number of rotatable bonds is 1. The molecule has 0 spiro atoms. The van der Waals surface area contributed by atoms with E-state index in [0.29, 0.717) is 6.54 Å². The lowest BCUT2D eigenvalue weighted by Crippen LogP contribution is -2.55. The Morgan fingerprint density at radius 2 is 2.00 bits per heavy atom. The van der Waals surface area contributed by atoms with Gasteiger partial charge < -0.3 is 10.0 Å². The van der Waals surface area contributed by atoms with E-state index >= 15 is 0 Å². The van der Waals surface area contributed by atoms with Gasteiger partial charge in [-0.15, -0.1) is 0 Å². The third-order valence-electron chi connectivity index (χ3n) is 5.11. The Hall–Kier alpha value is -1.35. The highest BCUT2D eigenvalue weighted by Crippen LogP contribution is 2.49. The topological polar surface area (TPSA) is 40.5 Å². The molecule has 3 atom stereocenters. The first-order valence-electron chi connectivity index (χ1n) is 7.66. The van der Waals surface area contributed by atoms with Gasteiger partial charge in [0.25, 0.3) is 0 Å².